The van der Waals surface area contributed by atoms with Crippen molar-refractivity contribution in [2.45, 2.75) is 78.2 Å². The van der Waals surface area contributed by atoms with E-state index in [2.05, 4.69) is 64.5 Å². The highest BCUT2D eigenvalue weighted by molar-refractivity contribution is 5.99. The third kappa shape index (κ3) is 6.40. The average molecular weight is 665 g/mol. The molecule has 6 rings (SSSR count). The molecule has 2 fully saturated rings. The number of amides is 1. The van der Waals surface area contributed by atoms with Crippen molar-refractivity contribution in [1.29, 1.82) is 0 Å². The lowest BCUT2D eigenvalue weighted by Crippen LogP contribution is -2.40. The standard InChI is InChI=1S/C40H48N4O5/c1-6-14-44-37-21-29(8-9-34(37)40(38(44)25-46)12-17-49-18-13-40)30-20-32(28(5)36(22-30)43(7-2)31-10-15-48-16-11-31)39(47)41-23-33-26(3)19-27(4)42-35(33)24-45/h8-9,19-22,31,42H,6-7,10-18,23H2,1-5H3,(H,41,47). The first-order valence-corrected chi connectivity index (χ1v) is 17.7. The highest BCUT2D eigenvalue weighted by Gasteiger charge is 2.49. The van der Waals surface area contributed by atoms with Crippen LogP contribution in [0.1, 0.15) is 81.3 Å². The van der Waals surface area contributed by atoms with E-state index in [0.717, 1.165) is 95.7 Å². The van der Waals surface area contributed by atoms with E-state index in [9.17, 15) is 14.4 Å². The Bertz CT molecular complexity index is 1780. The highest BCUT2D eigenvalue weighted by atomic mass is 16.5. The van der Waals surface area contributed by atoms with Crippen LogP contribution in [0.4, 0.5) is 11.4 Å². The van der Waals surface area contributed by atoms with Gasteiger partial charge in [0.05, 0.1) is 5.41 Å². The minimum absolute atomic E-state index is 0.194. The second-order valence-corrected chi connectivity index (χ2v) is 13.6. The number of anilines is 2. The molecular formula is C40H48N4O5. The van der Waals surface area contributed by atoms with Crippen LogP contribution in [-0.4, -0.2) is 69.9 Å². The first-order valence-electron chi connectivity index (χ1n) is 17.7. The molecule has 0 unspecified atom stereocenters. The van der Waals surface area contributed by atoms with Gasteiger partial charge in [-0.3, -0.25) is 4.79 Å². The first kappa shape index (κ1) is 34.5. The van der Waals surface area contributed by atoms with E-state index in [4.69, 9.17) is 9.47 Å². The number of allylic oxidation sites excluding steroid dienone is 4. The van der Waals surface area contributed by atoms with E-state index in [-0.39, 0.29) is 12.5 Å². The summed E-state index contributed by atoms with van der Waals surface area (Å²) in [5.74, 6) is 4.14. The van der Waals surface area contributed by atoms with Gasteiger partial charge in [-0.25, -0.2) is 9.59 Å². The van der Waals surface area contributed by atoms with Crippen LogP contribution in [0.3, 0.4) is 0 Å². The number of hydrogen-bond acceptors (Lipinski definition) is 8. The zero-order valence-corrected chi connectivity index (χ0v) is 29.5. The van der Waals surface area contributed by atoms with Gasteiger partial charge in [0.15, 0.2) is 5.94 Å². The number of nitrogens with zero attached hydrogens (tertiary/aromatic N) is 2. The predicted molar refractivity (Wildman–Crippen MR) is 193 cm³/mol. The van der Waals surface area contributed by atoms with E-state index in [0.29, 0.717) is 49.4 Å². The molecule has 0 radical (unpaired) electrons. The van der Waals surface area contributed by atoms with E-state index in [1.165, 1.54) is 0 Å². The maximum Gasteiger partial charge on any atom is 0.251 e. The van der Waals surface area contributed by atoms with Crippen LogP contribution in [0, 0.1) is 6.92 Å². The fourth-order valence-electron chi connectivity index (χ4n) is 8.20. The fourth-order valence-corrected chi connectivity index (χ4v) is 8.20. The maximum absolute atomic E-state index is 14.1. The van der Waals surface area contributed by atoms with Crippen molar-refractivity contribution in [2.75, 3.05) is 55.9 Å². The molecule has 258 valence electrons. The molecule has 1 spiro atoms. The second kappa shape index (κ2) is 14.6. The van der Waals surface area contributed by atoms with Gasteiger partial charge in [-0.05, 0) is 112 Å². The van der Waals surface area contributed by atoms with Crippen molar-refractivity contribution in [3.8, 4) is 11.1 Å². The van der Waals surface area contributed by atoms with Gasteiger partial charge >= 0.3 is 0 Å². The Balaban J connectivity index is 1.44. The molecule has 0 saturated carbocycles. The molecule has 2 aromatic carbocycles. The van der Waals surface area contributed by atoms with Crippen molar-refractivity contribution in [3.05, 3.63) is 81.3 Å². The summed E-state index contributed by atoms with van der Waals surface area (Å²) in [6, 6.07) is 11.0. The number of rotatable bonds is 9. The number of carbonyl (C=O) groups is 1. The smallest absolute Gasteiger partial charge is 0.251 e. The maximum atomic E-state index is 14.1. The number of carbonyl (C=O) groups excluding carboxylic acids is 3. The predicted octanol–water partition coefficient (Wildman–Crippen LogP) is 5.93. The lowest BCUT2D eigenvalue weighted by molar-refractivity contribution is 0.0636. The van der Waals surface area contributed by atoms with Gasteiger partial charge in [0.2, 0.25) is 0 Å². The Morgan fingerprint density at radius 3 is 2.41 bits per heavy atom. The zero-order chi connectivity index (χ0) is 34.7. The average Bonchev–Trinajstić information content (AvgIpc) is 3.35. The zero-order valence-electron chi connectivity index (χ0n) is 29.5. The molecule has 4 aliphatic rings. The quantitative estimate of drug-likeness (QED) is 0.319. The number of ether oxygens (including phenoxy) is 2. The molecule has 2 saturated heterocycles. The fraction of sp³-hybridized carbons (Fsp3) is 0.475. The molecule has 2 aromatic rings. The topological polar surface area (TPSA) is 100 Å². The van der Waals surface area contributed by atoms with Crippen molar-refractivity contribution in [3.63, 3.8) is 0 Å². The number of nitrogens with one attached hydrogen (secondary N) is 2. The molecule has 0 atom stereocenters. The summed E-state index contributed by atoms with van der Waals surface area (Å²) in [7, 11) is 0. The summed E-state index contributed by atoms with van der Waals surface area (Å²) < 4.78 is 11.4. The van der Waals surface area contributed by atoms with Gasteiger partial charge < -0.3 is 29.9 Å². The molecule has 0 bridgehead atoms. The number of benzene rings is 2. The van der Waals surface area contributed by atoms with E-state index >= 15 is 0 Å². The van der Waals surface area contributed by atoms with Gasteiger partial charge in [-0.15, -0.1) is 0 Å². The Morgan fingerprint density at radius 2 is 1.73 bits per heavy atom. The van der Waals surface area contributed by atoms with Crippen LogP contribution in [0.5, 0.6) is 0 Å². The minimum Gasteiger partial charge on any atom is -0.381 e. The van der Waals surface area contributed by atoms with Crippen LogP contribution in [0.2, 0.25) is 0 Å². The molecule has 1 amide bonds. The van der Waals surface area contributed by atoms with Crippen LogP contribution in [0.15, 0.2) is 64.6 Å². The molecule has 9 nitrogen and oxygen atoms in total. The van der Waals surface area contributed by atoms with E-state index in [1.54, 1.807) is 0 Å². The molecular weight excluding hydrogens is 616 g/mol. The van der Waals surface area contributed by atoms with Gasteiger partial charge in [0, 0.05) is 80.3 Å². The van der Waals surface area contributed by atoms with E-state index < -0.39 is 5.41 Å². The molecule has 4 heterocycles. The monoisotopic (exact) mass is 664 g/mol. The second-order valence-electron chi connectivity index (χ2n) is 13.6. The first-order chi connectivity index (χ1) is 23.8. The molecule has 0 aromatic heterocycles. The van der Waals surface area contributed by atoms with Crippen LogP contribution < -0.4 is 20.4 Å². The molecule has 9 heteroatoms. The van der Waals surface area contributed by atoms with Crippen LogP contribution in [0.25, 0.3) is 11.1 Å². The van der Waals surface area contributed by atoms with Crippen LogP contribution >= 0.6 is 0 Å². The number of fused-ring (bicyclic) bond motifs is 2. The van der Waals surface area contributed by atoms with Gasteiger partial charge in [0.25, 0.3) is 5.91 Å². The Hall–Kier alpha value is -4.39. The lowest BCUT2D eigenvalue weighted by Gasteiger charge is -2.37. The van der Waals surface area contributed by atoms with Crippen molar-refractivity contribution >= 4 is 29.2 Å². The summed E-state index contributed by atoms with van der Waals surface area (Å²) in [6.45, 7) is 14.5. The van der Waals surface area contributed by atoms with Crippen molar-refractivity contribution in [1.82, 2.24) is 10.6 Å². The van der Waals surface area contributed by atoms with Gasteiger partial charge in [-0.1, -0.05) is 19.1 Å². The third-order valence-electron chi connectivity index (χ3n) is 10.7. The molecule has 49 heavy (non-hydrogen) atoms. The number of hydrogen-bond donors (Lipinski definition) is 2. The number of dihydropyridines is 1. The normalized spacial score (nSPS) is 18.9. The summed E-state index contributed by atoms with van der Waals surface area (Å²) in [6.07, 6.45) is 6.20. The Labute approximate surface area is 289 Å². The summed E-state index contributed by atoms with van der Waals surface area (Å²) in [4.78, 5) is 43.0. The molecule has 4 aliphatic heterocycles. The summed E-state index contributed by atoms with van der Waals surface area (Å²) >= 11 is 0. The molecule has 0 aliphatic carbocycles. The van der Waals surface area contributed by atoms with Gasteiger partial charge in [0.1, 0.15) is 17.3 Å². The Kier molecular flexibility index (Phi) is 10.3. The Morgan fingerprint density at radius 1 is 1.00 bits per heavy atom. The summed E-state index contributed by atoms with van der Waals surface area (Å²) in [5.41, 5.74) is 9.78. The largest absolute Gasteiger partial charge is 0.381 e. The summed E-state index contributed by atoms with van der Waals surface area (Å²) in [5, 5.41) is 6.18. The highest BCUT2D eigenvalue weighted by Crippen LogP contribution is 2.53. The third-order valence-corrected chi connectivity index (χ3v) is 10.7. The lowest BCUT2D eigenvalue weighted by atomic mass is 9.73. The van der Waals surface area contributed by atoms with Crippen LogP contribution in [-0.2, 0) is 24.5 Å². The SMILES string of the molecule is CCCN1C(=C=O)C2(CCOCC2)c2ccc(-c3cc(C(=O)NCC4=C(C)C=C(C)NC4=C=O)c(C)c(N(CC)C4CCOCC4)c3)cc21. The minimum atomic E-state index is -0.391. The molecule has 2 N–H and O–H groups in total. The van der Waals surface area contributed by atoms with Crippen molar-refractivity contribution < 1.29 is 23.9 Å². The van der Waals surface area contributed by atoms with Crippen molar-refractivity contribution in [2.24, 2.45) is 0 Å². The van der Waals surface area contributed by atoms with Gasteiger partial charge in [-0.2, -0.15) is 0 Å². The van der Waals surface area contributed by atoms with E-state index in [1.807, 2.05) is 38.9 Å².